The molecule has 3 heteroatoms. The molecule has 2 saturated heterocycles. The second kappa shape index (κ2) is 3.32. The van der Waals surface area contributed by atoms with Gasteiger partial charge in [0.2, 0.25) is 0 Å². The number of likely N-dealkylation sites (N-methyl/N-ethyl adjacent to an activating group) is 2. The lowest BCUT2D eigenvalue weighted by molar-refractivity contribution is 0.151. The van der Waals surface area contributed by atoms with E-state index >= 15 is 0 Å². The summed E-state index contributed by atoms with van der Waals surface area (Å²) in [5.41, 5.74) is 0. The first-order valence-corrected chi connectivity index (χ1v) is 4.90. The number of hydrogen-bond donors (Lipinski definition) is 1. The van der Waals surface area contributed by atoms with E-state index in [1.54, 1.807) is 0 Å². The van der Waals surface area contributed by atoms with Crippen LogP contribution in [0, 0.1) is 0 Å². The maximum atomic E-state index is 3.21. The molecule has 2 unspecified atom stereocenters. The molecule has 70 valence electrons. The molecule has 0 aliphatic carbocycles. The first kappa shape index (κ1) is 8.48. The summed E-state index contributed by atoms with van der Waals surface area (Å²) in [6, 6.07) is 1.71. The Balaban J connectivity index is 1.82. The smallest absolute Gasteiger partial charge is 0.0239 e. The Bertz CT molecular complexity index is 158. The van der Waals surface area contributed by atoms with Gasteiger partial charge in [-0.3, -0.25) is 4.90 Å². The summed E-state index contributed by atoms with van der Waals surface area (Å²) in [7, 11) is 4.28. The van der Waals surface area contributed by atoms with Gasteiger partial charge in [-0.1, -0.05) is 0 Å². The van der Waals surface area contributed by atoms with E-state index in [2.05, 4.69) is 22.2 Å². The predicted octanol–water partition coefficient (Wildman–Crippen LogP) is -0.406. The minimum Gasteiger partial charge on any atom is -0.318 e. The number of nitrogens with zero attached hydrogens (tertiary/aromatic N) is 2. The lowest BCUT2D eigenvalue weighted by Gasteiger charge is -2.31. The number of likely N-dealkylation sites (tertiary alicyclic amines) is 2. The second-order valence-electron chi connectivity index (χ2n) is 4.08. The maximum Gasteiger partial charge on any atom is 0.0239 e. The molecule has 2 heterocycles. The van der Waals surface area contributed by atoms with Gasteiger partial charge in [0.1, 0.15) is 0 Å². The van der Waals surface area contributed by atoms with Gasteiger partial charge in [0.05, 0.1) is 0 Å². The fraction of sp³-hybridized carbons (Fsp3) is 1.00. The molecule has 2 atom stereocenters. The molecule has 0 radical (unpaired) electrons. The molecule has 2 bridgehead atoms. The summed E-state index contributed by atoms with van der Waals surface area (Å²) in [5.74, 6) is 0. The Hall–Kier alpha value is -0.120. The zero-order valence-electron chi connectivity index (χ0n) is 8.08. The van der Waals surface area contributed by atoms with Gasteiger partial charge in [-0.15, -0.1) is 0 Å². The van der Waals surface area contributed by atoms with Gasteiger partial charge in [0, 0.05) is 38.3 Å². The normalized spacial score (nSPS) is 36.5. The van der Waals surface area contributed by atoms with Crippen LogP contribution in [0.25, 0.3) is 0 Å². The van der Waals surface area contributed by atoms with E-state index in [1.165, 1.54) is 26.1 Å². The SMILES string of the molecule is CNCCN1CC2CC1CN2C. The molecule has 12 heavy (non-hydrogen) atoms. The van der Waals surface area contributed by atoms with Crippen molar-refractivity contribution < 1.29 is 0 Å². The zero-order chi connectivity index (χ0) is 8.55. The Kier molecular flexibility index (Phi) is 2.35. The third kappa shape index (κ3) is 1.37. The van der Waals surface area contributed by atoms with Gasteiger partial charge < -0.3 is 10.2 Å². The van der Waals surface area contributed by atoms with Crippen LogP contribution in [0.5, 0.6) is 0 Å². The molecule has 0 aromatic rings. The van der Waals surface area contributed by atoms with Crippen LogP contribution >= 0.6 is 0 Å². The number of rotatable bonds is 3. The van der Waals surface area contributed by atoms with E-state index in [0.29, 0.717) is 0 Å². The van der Waals surface area contributed by atoms with Crippen molar-refractivity contribution in [2.45, 2.75) is 18.5 Å². The second-order valence-corrected chi connectivity index (χ2v) is 4.08. The minimum absolute atomic E-state index is 0.854. The highest BCUT2D eigenvalue weighted by molar-refractivity contribution is 4.98. The minimum atomic E-state index is 0.854. The van der Waals surface area contributed by atoms with Gasteiger partial charge in [0.15, 0.2) is 0 Å². The molecule has 0 aromatic heterocycles. The number of piperazine rings is 1. The van der Waals surface area contributed by atoms with Gasteiger partial charge in [-0.2, -0.15) is 0 Å². The molecular weight excluding hydrogens is 150 g/mol. The standard InChI is InChI=1S/C9H19N3/c1-10-3-4-12-7-8-5-9(12)6-11(8)2/h8-10H,3-7H2,1-2H3. The summed E-state index contributed by atoms with van der Waals surface area (Å²) >= 11 is 0. The van der Waals surface area contributed by atoms with Crippen LogP contribution in [-0.4, -0.2) is 62.2 Å². The van der Waals surface area contributed by atoms with Crippen molar-refractivity contribution in [2.24, 2.45) is 0 Å². The molecule has 3 nitrogen and oxygen atoms in total. The highest BCUT2D eigenvalue weighted by atomic mass is 15.3. The Labute approximate surface area is 74.7 Å². The average molecular weight is 169 g/mol. The van der Waals surface area contributed by atoms with Crippen LogP contribution in [0.3, 0.4) is 0 Å². The summed E-state index contributed by atoms with van der Waals surface area (Å²) < 4.78 is 0. The van der Waals surface area contributed by atoms with E-state index < -0.39 is 0 Å². The van der Waals surface area contributed by atoms with Crippen molar-refractivity contribution in [1.82, 2.24) is 15.1 Å². The van der Waals surface area contributed by atoms with Crippen LogP contribution in [0.1, 0.15) is 6.42 Å². The Morgan fingerprint density at radius 1 is 1.33 bits per heavy atom. The summed E-state index contributed by atoms with van der Waals surface area (Å²) in [5, 5.41) is 3.21. The summed E-state index contributed by atoms with van der Waals surface area (Å²) in [6.45, 7) is 4.94. The predicted molar refractivity (Wildman–Crippen MR) is 50.3 cm³/mol. The van der Waals surface area contributed by atoms with Crippen LogP contribution in [0.4, 0.5) is 0 Å². The fourth-order valence-corrected chi connectivity index (χ4v) is 2.48. The lowest BCUT2D eigenvalue weighted by atomic mass is 10.2. The summed E-state index contributed by atoms with van der Waals surface area (Å²) in [4.78, 5) is 5.13. The largest absolute Gasteiger partial charge is 0.318 e. The Morgan fingerprint density at radius 3 is 2.67 bits per heavy atom. The zero-order valence-corrected chi connectivity index (χ0v) is 8.08. The molecular formula is C9H19N3. The van der Waals surface area contributed by atoms with E-state index in [-0.39, 0.29) is 0 Å². The molecule has 2 aliphatic rings. The molecule has 1 N–H and O–H groups in total. The van der Waals surface area contributed by atoms with Gasteiger partial charge >= 0.3 is 0 Å². The molecule has 0 saturated carbocycles. The van der Waals surface area contributed by atoms with Crippen molar-refractivity contribution in [2.75, 3.05) is 40.3 Å². The van der Waals surface area contributed by atoms with E-state index in [4.69, 9.17) is 0 Å². The topological polar surface area (TPSA) is 18.5 Å². The van der Waals surface area contributed by atoms with Crippen molar-refractivity contribution in [1.29, 1.82) is 0 Å². The maximum absolute atomic E-state index is 3.21. The molecule has 0 spiro atoms. The van der Waals surface area contributed by atoms with Crippen LogP contribution in [-0.2, 0) is 0 Å². The summed E-state index contributed by atoms with van der Waals surface area (Å²) in [6.07, 6.45) is 1.40. The number of hydrogen-bond acceptors (Lipinski definition) is 3. The van der Waals surface area contributed by atoms with Crippen LogP contribution in [0.15, 0.2) is 0 Å². The Morgan fingerprint density at radius 2 is 2.17 bits per heavy atom. The highest BCUT2D eigenvalue weighted by Crippen LogP contribution is 2.28. The van der Waals surface area contributed by atoms with Gasteiger partial charge in [-0.25, -0.2) is 0 Å². The van der Waals surface area contributed by atoms with E-state index in [9.17, 15) is 0 Å². The fourth-order valence-electron chi connectivity index (χ4n) is 2.48. The molecule has 0 amide bonds. The lowest BCUT2D eigenvalue weighted by Crippen LogP contribution is -2.46. The van der Waals surface area contributed by atoms with Crippen LogP contribution in [0.2, 0.25) is 0 Å². The van der Waals surface area contributed by atoms with Crippen LogP contribution < -0.4 is 5.32 Å². The van der Waals surface area contributed by atoms with Gasteiger partial charge in [0.25, 0.3) is 0 Å². The van der Waals surface area contributed by atoms with E-state index in [1.807, 2.05) is 7.05 Å². The van der Waals surface area contributed by atoms with Crippen molar-refractivity contribution in [3.63, 3.8) is 0 Å². The molecule has 2 aliphatic heterocycles. The molecule has 2 rings (SSSR count). The number of nitrogens with one attached hydrogen (secondary N) is 1. The average Bonchev–Trinajstić information content (AvgIpc) is 2.58. The molecule has 0 aromatic carbocycles. The first-order chi connectivity index (χ1) is 5.81. The van der Waals surface area contributed by atoms with Gasteiger partial charge in [-0.05, 0) is 20.5 Å². The third-order valence-electron chi connectivity index (χ3n) is 3.28. The van der Waals surface area contributed by atoms with Crippen molar-refractivity contribution in [3.05, 3.63) is 0 Å². The monoisotopic (exact) mass is 169 g/mol. The number of fused-ring (bicyclic) bond motifs is 2. The van der Waals surface area contributed by atoms with Crippen molar-refractivity contribution >= 4 is 0 Å². The molecule has 2 fully saturated rings. The third-order valence-corrected chi connectivity index (χ3v) is 3.28. The quantitative estimate of drug-likeness (QED) is 0.620. The first-order valence-electron chi connectivity index (χ1n) is 4.90. The van der Waals surface area contributed by atoms with E-state index in [0.717, 1.165) is 18.6 Å². The van der Waals surface area contributed by atoms with Crippen molar-refractivity contribution in [3.8, 4) is 0 Å². The highest BCUT2D eigenvalue weighted by Gasteiger charge is 2.40.